The summed E-state index contributed by atoms with van der Waals surface area (Å²) in [4.78, 5) is 53.4. The third-order valence-electron chi connectivity index (χ3n) is 1.26. The summed E-state index contributed by atoms with van der Waals surface area (Å²) in [6.45, 7) is 0. The minimum atomic E-state index is -7.45. The quantitative estimate of drug-likeness (QED) is 0.139. The van der Waals surface area contributed by atoms with Crippen molar-refractivity contribution in [2.75, 3.05) is 0 Å². The standard InChI is InChI=1S/NO3.4NO2.4H2N.2Pt/c2-1(3)4;4*2-1-3;;;;;;/h;;;;;4*1H2;;/q-1;;;;;4*-1;2*+3. The van der Waals surface area contributed by atoms with Crippen LogP contribution in [0, 0.1) is 45.4 Å². The summed E-state index contributed by atoms with van der Waals surface area (Å²) in [5, 5.41) is 40.5. The molecule has 138 valence electrons. The zero-order valence-corrected chi connectivity index (χ0v) is 14.2. The van der Waals surface area contributed by atoms with Gasteiger partial charge in [0.1, 0.15) is 0 Å². The zero-order chi connectivity index (χ0) is 18.2. The first kappa shape index (κ1) is 20.0. The third kappa shape index (κ3) is 2.96. The summed E-state index contributed by atoms with van der Waals surface area (Å²) in [5.41, 5.74) is 0. The fraction of sp³-hybridized carbons (Fsp3) is 0. The van der Waals surface area contributed by atoms with E-state index in [1.54, 1.807) is 0 Å². The molecule has 0 aromatic rings. The van der Waals surface area contributed by atoms with Crippen LogP contribution in [0.15, 0.2) is 0 Å². The van der Waals surface area contributed by atoms with E-state index in [9.17, 15) is 45.4 Å². The Bertz CT molecular complexity index is 504. The predicted molar refractivity (Wildman–Crippen MR) is 50.5 cm³/mol. The monoisotopic (exact) mass is 700 g/mol. The first-order valence-corrected chi connectivity index (χ1v) is 14.7. The second kappa shape index (κ2) is 5.03. The molecule has 0 saturated carbocycles. The Balaban J connectivity index is 5.77. The topological polar surface area (TPSA) is 315 Å². The Morgan fingerprint density at radius 1 is 0.591 bits per heavy atom. The first-order valence-electron chi connectivity index (χ1n) is 3.56. The maximum atomic E-state index is 11.1. The zero-order valence-electron chi connectivity index (χ0n) is 9.67. The Morgan fingerprint density at radius 3 is 0.909 bits per heavy atom. The van der Waals surface area contributed by atoms with Gasteiger partial charge < -0.3 is 0 Å². The van der Waals surface area contributed by atoms with Crippen LogP contribution in [0.5, 0.6) is 0 Å². The fourth-order valence-electron chi connectivity index (χ4n) is 0.369. The van der Waals surface area contributed by atoms with Gasteiger partial charge >= 0.3 is 121 Å². The molecule has 0 heterocycles. The molecule has 0 aromatic carbocycles. The van der Waals surface area contributed by atoms with E-state index in [4.69, 9.17) is 0 Å². The van der Waals surface area contributed by atoms with Crippen molar-refractivity contribution in [1.29, 1.82) is 0 Å². The van der Waals surface area contributed by atoms with E-state index in [1.807, 2.05) is 0 Å². The van der Waals surface area contributed by atoms with Crippen LogP contribution < -0.4 is 17.2 Å². The molecule has 0 atom stereocenters. The third-order valence-corrected chi connectivity index (χ3v) is 10.3. The Hall–Kier alpha value is -1.98. The van der Waals surface area contributed by atoms with Crippen molar-refractivity contribution in [3.05, 3.63) is 45.4 Å². The molecule has 0 aliphatic heterocycles. The van der Waals surface area contributed by atoms with Crippen LogP contribution in [0.2, 0.25) is 0 Å². The van der Waals surface area contributed by atoms with Crippen LogP contribution >= 0.6 is 0 Å². The van der Waals surface area contributed by atoms with Gasteiger partial charge in [0.2, 0.25) is 0 Å². The molecular weight excluding hydrogens is 692 g/mol. The summed E-state index contributed by atoms with van der Waals surface area (Å²) in [5.74, 6) is 0. The molecule has 0 unspecified atom stereocenters. The van der Waals surface area contributed by atoms with Crippen molar-refractivity contribution in [2.45, 2.75) is 0 Å². The average Bonchev–Trinajstić information content (AvgIpc) is 2.26. The van der Waals surface area contributed by atoms with Crippen LogP contribution in [0.4, 0.5) is 0 Å². The molecule has 0 bridgehead atoms. The van der Waals surface area contributed by atoms with E-state index in [1.165, 1.54) is 0 Å². The van der Waals surface area contributed by atoms with Crippen LogP contribution in [0.3, 0.4) is 0 Å². The van der Waals surface area contributed by atoms with Crippen molar-refractivity contribution in [1.82, 2.24) is 0 Å². The summed E-state index contributed by atoms with van der Waals surface area (Å²) in [6.07, 6.45) is 0. The number of hydrogen-bond acceptors (Lipinski definition) is 15. The second-order valence-corrected chi connectivity index (χ2v) is 17.7. The average molecular weight is 700 g/mol. The van der Waals surface area contributed by atoms with E-state index in [0.29, 0.717) is 0 Å². The Morgan fingerprint density at radius 2 is 0.773 bits per heavy atom. The molecule has 0 radical (unpaired) electrons. The molecule has 20 nitrogen and oxygen atoms in total. The fourth-order valence-corrected chi connectivity index (χ4v) is 3.46. The van der Waals surface area contributed by atoms with E-state index in [-0.39, 0.29) is 0 Å². The van der Waals surface area contributed by atoms with Crippen molar-refractivity contribution < 1.29 is 58.4 Å². The second-order valence-electron chi connectivity index (χ2n) is 2.62. The van der Waals surface area contributed by atoms with Crippen molar-refractivity contribution in [2.24, 2.45) is 17.2 Å². The molecule has 0 spiro atoms. The van der Waals surface area contributed by atoms with E-state index in [0.717, 1.165) is 0 Å². The maximum absolute atomic E-state index is 11.1. The molecule has 0 rings (SSSR count). The summed E-state index contributed by atoms with van der Waals surface area (Å²) in [6, 6.07) is 0. The molecular formula is H8N9O11Pt2+. The molecule has 0 aliphatic carbocycles. The summed E-state index contributed by atoms with van der Waals surface area (Å²) in [7, 11) is 0. The van der Waals surface area contributed by atoms with Gasteiger partial charge in [0, 0.05) is 0 Å². The van der Waals surface area contributed by atoms with Crippen molar-refractivity contribution in [3.8, 4) is 0 Å². The number of nitrogens with two attached hydrogens (primary N) is 4. The Kier molecular flexibility index (Phi) is 4.58. The predicted octanol–water partition coefficient (Wildman–Crippen LogP) is -3.90. The molecule has 0 amide bonds. The molecule has 8 N–H and O–H groups in total. The number of hydrogen-bond donors (Lipinski definition) is 4. The van der Waals surface area contributed by atoms with Crippen LogP contribution in [-0.4, -0.2) is 19.0 Å². The van der Waals surface area contributed by atoms with Gasteiger partial charge in [-0.05, 0) is 0 Å². The van der Waals surface area contributed by atoms with Gasteiger partial charge in [0.25, 0.3) is 0 Å². The Labute approximate surface area is 121 Å². The van der Waals surface area contributed by atoms with Gasteiger partial charge in [-0.1, -0.05) is 0 Å². The summed E-state index contributed by atoms with van der Waals surface area (Å²) >= 11 is -14.9. The number of nitro groups is 4. The van der Waals surface area contributed by atoms with E-state index < -0.39 is 51.4 Å². The van der Waals surface area contributed by atoms with E-state index in [2.05, 4.69) is 24.2 Å². The van der Waals surface area contributed by atoms with Gasteiger partial charge in [-0.2, -0.15) is 0 Å². The molecule has 0 aromatic heterocycles. The number of rotatable bonds is 8. The normalized spacial score (nSPS) is 15.3. The van der Waals surface area contributed by atoms with Crippen LogP contribution in [0.1, 0.15) is 0 Å². The van der Waals surface area contributed by atoms with Gasteiger partial charge in [-0.15, -0.1) is 0 Å². The first-order chi connectivity index (χ1) is 9.47. The molecule has 22 heteroatoms. The van der Waals surface area contributed by atoms with Crippen molar-refractivity contribution in [3.63, 3.8) is 0 Å². The molecule has 22 heavy (non-hydrogen) atoms. The van der Waals surface area contributed by atoms with Gasteiger partial charge in [0.05, 0.1) is 0 Å². The van der Waals surface area contributed by atoms with Gasteiger partial charge in [-0.3, -0.25) is 0 Å². The van der Waals surface area contributed by atoms with E-state index >= 15 is 0 Å². The van der Waals surface area contributed by atoms with Crippen molar-refractivity contribution >= 4 is 0 Å². The molecule has 0 aliphatic rings. The van der Waals surface area contributed by atoms with Gasteiger partial charge in [0.15, 0.2) is 0 Å². The van der Waals surface area contributed by atoms with Crippen LogP contribution in [-0.2, 0) is 39.4 Å². The minimum absolute atomic E-state index is 1.75. The van der Waals surface area contributed by atoms with Crippen LogP contribution in [0.25, 0.3) is 0 Å². The number of nitrogens with zero attached hydrogens (tertiary/aromatic N) is 5. The SMILES string of the molecule is [NH2][Pt]([NH2])([O][N+](=O)[O][Pt]([NH2])([NH2])([N+](=O)[O-])[N+](=O)[O-])([N+](=O)[O-])[N+](=O)[O-]. The summed E-state index contributed by atoms with van der Waals surface area (Å²) < 4.78 is 17.8. The van der Waals surface area contributed by atoms with Gasteiger partial charge in [-0.25, -0.2) is 0 Å². The molecule has 0 fully saturated rings. The molecule has 0 saturated heterocycles.